The number of ether oxygens (including phenoxy) is 6. The van der Waals surface area contributed by atoms with Crippen LogP contribution < -0.4 is 0 Å². The third kappa shape index (κ3) is 8.99. The summed E-state index contributed by atoms with van der Waals surface area (Å²) in [5.74, 6) is -1.18. The smallest absolute Gasteiger partial charge is 0.338 e. The first-order valence-corrected chi connectivity index (χ1v) is 15.2. The maximum absolute atomic E-state index is 13.5. The molecule has 1 saturated heterocycles. The maximum Gasteiger partial charge on any atom is 0.338 e. The molecular weight excluding hydrogens is 584 g/mol. The van der Waals surface area contributed by atoms with Crippen LogP contribution in [-0.2, 0) is 41.6 Å². The molecule has 0 radical (unpaired) electrons. The highest BCUT2D eigenvalue weighted by Gasteiger charge is 2.52. The Morgan fingerprint density at radius 3 is 1.70 bits per heavy atom. The number of hydrogen-bond donors (Lipinski definition) is 0. The first kappa shape index (κ1) is 32.8. The van der Waals surface area contributed by atoms with Gasteiger partial charge < -0.3 is 28.4 Å². The van der Waals surface area contributed by atoms with Crippen LogP contribution >= 0.6 is 0 Å². The van der Waals surface area contributed by atoms with Gasteiger partial charge in [-0.3, -0.25) is 0 Å². The van der Waals surface area contributed by atoms with Crippen molar-refractivity contribution in [2.45, 2.75) is 56.9 Å². The van der Waals surface area contributed by atoms with E-state index in [-0.39, 0.29) is 13.2 Å². The normalized spacial score (nSPS) is 21.5. The van der Waals surface area contributed by atoms with Crippen LogP contribution in [0.25, 0.3) is 0 Å². The second-order valence-corrected chi connectivity index (χ2v) is 10.9. The molecule has 6 atom stereocenters. The minimum absolute atomic E-state index is 0.0362. The molecule has 1 aliphatic rings. The Hall–Kier alpha value is -4.60. The molecule has 1 fully saturated rings. The van der Waals surface area contributed by atoms with E-state index in [1.165, 1.54) is 0 Å². The van der Waals surface area contributed by atoms with Gasteiger partial charge in [-0.15, -0.1) is 6.58 Å². The van der Waals surface area contributed by atoms with E-state index in [0.717, 1.165) is 11.1 Å². The van der Waals surface area contributed by atoms with Gasteiger partial charge in [0.2, 0.25) is 0 Å². The Bertz CT molecular complexity index is 1510. The topological polar surface area (TPSA) is 89.5 Å². The van der Waals surface area contributed by atoms with Gasteiger partial charge in [0.05, 0.1) is 37.1 Å². The van der Waals surface area contributed by atoms with Crippen LogP contribution in [0.2, 0.25) is 0 Å². The molecule has 8 heteroatoms. The molecule has 4 aromatic carbocycles. The fraction of sp³-hybridized carbons (Fsp3) is 0.263. The summed E-state index contributed by atoms with van der Waals surface area (Å²) < 4.78 is 37.5. The van der Waals surface area contributed by atoms with Gasteiger partial charge in [0, 0.05) is 0 Å². The predicted octanol–water partition coefficient (Wildman–Crippen LogP) is 6.56. The molecule has 5 rings (SSSR count). The lowest BCUT2D eigenvalue weighted by molar-refractivity contribution is -0.314. The van der Waals surface area contributed by atoms with Crippen LogP contribution in [0.1, 0.15) is 38.8 Å². The summed E-state index contributed by atoms with van der Waals surface area (Å²) >= 11 is 0. The zero-order chi connectivity index (χ0) is 32.1. The zero-order valence-electron chi connectivity index (χ0n) is 25.7. The van der Waals surface area contributed by atoms with Gasteiger partial charge in [-0.25, -0.2) is 9.59 Å². The van der Waals surface area contributed by atoms with Crippen LogP contribution in [0.5, 0.6) is 0 Å². The van der Waals surface area contributed by atoms with Gasteiger partial charge in [0.15, 0.2) is 18.5 Å². The maximum atomic E-state index is 13.5. The van der Waals surface area contributed by atoms with Gasteiger partial charge in [0.25, 0.3) is 0 Å². The van der Waals surface area contributed by atoms with E-state index in [0.29, 0.717) is 17.7 Å². The molecule has 238 valence electrons. The summed E-state index contributed by atoms with van der Waals surface area (Å²) in [7, 11) is 0. The lowest BCUT2D eigenvalue weighted by atomic mass is 9.97. The SMILES string of the molecule is C=CC(C)O[C@@H]1O[C@H](COCc2ccccc2)[C@@H](OC(=O)c2ccccc2)[C@H](OCc2ccccc2)[C@H]1OC(=O)c1ccccc1. The van der Waals surface area contributed by atoms with E-state index in [1.807, 2.05) is 72.8 Å². The lowest BCUT2D eigenvalue weighted by Crippen LogP contribution is -2.63. The fourth-order valence-electron chi connectivity index (χ4n) is 5.01. The van der Waals surface area contributed by atoms with Crippen molar-refractivity contribution in [3.05, 3.63) is 156 Å². The number of hydrogen-bond acceptors (Lipinski definition) is 8. The number of esters is 2. The Labute approximate surface area is 269 Å². The quantitative estimate of drug-likeness (QED) is 0.116. The summed E-state index contributed by atoms with van der Waals surface area (Å²) in [5, 5.41) is 0. The predicted molar refractivity (Wildman–Crippen MR) is 172 cm³/mol. The van der Waals surface area contributed by atoms with E-state index in [1.54, 1.807) is 61.5 Å². The molecule has 1 heterocycles. The Morgan fingerprint density at radius 1 is 0.696 bits per heavy atom. The molecule has 1 unspecified atom stereocenters. The largest absolute Gasteiger partial charge is 0.453 e. The summed E-state index contributed by atoms with van der Waals surface area (Å²) in [6.45, 7) is 6.11. The van der Waals surface area contributed by atoms with E-state index in [2.05, 4.69) is 6.58 Å². The highest BCUT2D eigenvalue weighted by atomic mass is 16.7. The van der Waals surface area contributed by atoms with Crippen molar-refractivity contribution < 1.29 is 38.0 Å². The van der Waals surface area contributed by atoms with E-state index in [4.69, 9.17) is 28.4 Å². The molecule has 0 N–H and O–H groups in total. The fourth-order valence-corrected chi connectivity index (χ4v) is 5.01. The molecule has 8 nitrogen and oxygen atoms in total. The van der Waals surface area contributed by atoms with Gasteiger partial charge in [-0.05, 0) is 42.3 Å². The van der Waals surface area contributed by atoms with Crippen molar-refractivity contribution in [1.82, 2.24) is 0 Å². The highest BCUT2D eigenvalue weighted by molar-refractivity contribution is 5.90. The van der Waals surface area contributed by atoms with Gasteiger partial charge in [0.1, 0.15) is 12.2 Å². The summed E-state index contributed by atoms with van der Waals surface area (Å²) in [5.41, 5.74) is 2.54. The Kier molecular flexibility index (Phi) is 11.9. The van der Waals surface area contributed by atoms with Crippen molar-refractivity contribution in [3.63, 3.8) is 0 Å². The standard InChI is InChI=1S/C38H38O8/c1-3-27(2)43-38-35(46-37(40)31-22-14-7-15-23-31)34(42-25-29-18-10-5-11-19-29)33(45-36(39)30-20-12-6-13-21-30)32(44-38)26-41-24-28-16-8-4-9-17-28/h3-23,27,32-35,38H,1,24-26H2,2H3/t27?,32-,33-,34+,35-,38-/m1/s1. The molecule has 1 aliphatic heterocycles. The second-order valence-electron chi connectivity index (χ2n) is 10.9. The molecule has 0 spiro atoms. The molecule has 46 heavy (non-hydrogen) atoms. The molecule has 0 bridgehead atoms. The van der Waals surface area contributed by atoms with Crippen molar-refractivity contribution >= 4 is 11.9 Å². The summed E-state index contributed by atoms with van der Waals surface area (Å²) in [6.07, 6.45) is -3.96. The molecule has 0 amide bonds. The van der Waals surface area contributed by atoms with Crippen LogP contribution in [0.15, 0.2) is 134 Å². The van der Waals surface area contributed by atoms with Crippen LogP contribution in [0.4, 0.5) is 0 Å². The lowest BCUT2D eigenvalue weighted by Gasteiger charge is -2.45. The second kappa shape index (κ2) is 16.6. The van der Waals surface area contributed by atoms with Crippen molar-refractivity contribution in [1.29, 1.82) is 0 Å². The van der Waals surface area contributed by atoms with Crippen LogP contribution in [-0.4, -0.2) is 55.4 Å². The first-order chi connectivity index (χ1) is 22.5. The van der Waals surface area contributed by atoms with Crippen molar-refractivity contribution in [3.8, 4) is 0 Å². The first-order valence-electron chi connectivity index (χ1n) is 15.2. The average Bonchev–Trinajstić information content (AvgIpc) is 3.11. The Balaban J connectivity index is 1.50. The van der Waals surface area contributed by atoms with Crippen molar-refractivity contribution in [2.24, 2.45) is 0 Å². The summed E-state index contributed by atoms with van der Waals surface area (Å²) in [4.78, 5) is 27.0. The molecule has 0 aliphatic carbocycles. The zero-order valence-corrected chi connectivity index (χ0v) is 25.7. The van der Waals surface area contributed by atoms with E-state index >= 15 is 0 Å². The van der Waals surface area contributed by atoms with Crippen molar-refractivity contribution in [2.75, 3.05) is 6.61 Å². The van der Waals surface area contributed by atoms with Gasteiger partial charge in [-0.2, -0.15) is 0 Å². The number of benzene rings is 4. The minimum atomic E-state index is -1.13. The minimum Gasteiger partial charge on any atom is -0.453 e. The number of carbonyl (C=O) groups is 2. The average molecular weight is 623 g/mol. The molecule has 0 aromatic heterocycles. The summed E-state index contributed by atoms with van der Waals surface area (Å²) in [6, 6.07) is 36.5. The van der Waals surface area contributed by atoms with Crippen LogP contribution in [0.3, 0.4) is 0 Å². The number of rotatable bonds is 14. The molecule has 0 saturated carbocycles. The highest BCUT2D eigenvalue weighted by Crippen LogP contribution is 2.32. The van der Waals surface area contributed by atoms with Crippen LogP contribution in [0, 0.1) is 0 Å². The third-order valence-electron chi connectivity index (χ3n) is 7.46. The van der Waals surface area contributed by atoms with E-state index < -0.39 is 48.7 Å². The van der Waals surface area contributed by atoms with Gasteiger partial charge in [-0.1, -0.05) is 103 Å². The molecule has 4 aromatic rings. The van der Waals surface area contributed by atoms with E-state index in [9.17, 15) is 9.59 Å². The number of carbonyl (C=O) groups excluding carboxylic acids is 2. The third-order valence-corrected chi connectivity index (χ3v) is 7.46. The molecular formula is C38H38O8. The Morgan fingerprint density at radius 2 is 1.17 bits per heavy atom. The van der Waals surface area contributed by atoms with Gasteiger partial charge >= 0.3 is 11.9 Å². The monoisotopic (exact) mass is 622 g/mol.